The Morgan fingerprint density at radius 1 is 1.31 bits per heavy atom. The van der Waals surface area contributed by atoms with Crippen LogP contribution in [0.1, 0.15) is 44.1 Å². The number of hydrogen-bond acceptors (Lipinski definition) is 4. The Bertz CT molecular complexity index is 684. The molecule has 2 atom stereocenters. The molecule has 0 unspecified atom stereocenters. The van der Waals surface area contributed by atoms with E-state index in [2.05, 4.69) is 28.8 Å². The van der Waals surface area contributed by atoms with Crippen molar-refractivity contribution in [2.45, 2.75) is 45.4 Å². The van der Waals surface area contributed by atoms with E-state index in [0.717, 1.165) is 62.3 Å². The second-order valence-corrected chi connectivity index (χ2v) is 7.22. The lowest BCUT2D eigenvalue weighted by Crippen LogP contribution is -2.39. The number of para-hydroxylation sites is 1. The molecule has 1 amide bonds. The Balaban J connectivity index is 1.55. The Hall–Kier alpha value is -2.14. The van der Waals surface area contributed by atoms with Crippen molar-refractivity contribution in [2.24, 2.45) is 11.8 Å². The fourth-order valence-electron chi connectivity index (χ4n) is 3.65. The van der Waals surface area contributed by atoms with Crippen molar-refractivity contribution in [1.82, 2.24) is 10.5 Å². The lowest BCUT2D eigenvalue weighted by Gasteiger charge is -2.31. The third-order valence-corrected chi connectivity index (χ3v) is 5.13. The summed E-state index contributed by atoms with van der Waals surface area (Å²) >= 11 is 0. The minimum atomic E-state index is 0.0943. The number of amides is 1. The van der Waals surface area contributed by atoms with Crippen molar-refractivity contribution in [3.8, 4) is 0 Å². The standard InChI is InChI=1S/C21H29N3O2/c1-2-3-9-20-14-19(24-26-20)12-17-15-22-11-10-16(17)13-21(25)23-18-7-5-4-6-8-18/h4-8,14,16-17,22H,2-3,9-13,15H2,1H3,(H,23,25)/t16-,17+/m0/s1. The van der Waals surface area contributed by atoms with Crippen LogP contribution < -0.4 is 10.6 Å². The normalized spacial score (nSPS) is 20.0. The van der Waals surface area contributed by atoms with E-state index in [9.17, 15) is 4.79 Å². The van der Waals surface area contributed by atoms with Crippen molar-refractivity contribution in [3.63, 3.8) is 0 Å². The molecule has 1 aliphatic heterocycles. The van der Waals surface area contributed by atoms with Crippen molar-refractivity contribution >= 4 is 11.6 Å². The van der Waals surface area contributed by atoms with E-state index in [4.69, 9.17) is 4.52 Å². The number of anilines is 1. The summed E-state index contributed by atoms with van der Waals surface area (Å²) in [6.07, 6.45) is 5.68. The zero-order valence-electron chi connectivity index (χ0n) is 15.5. The molecule has 5 nitrogen and oxygen atoms in total. The summed E-state index contributed by atoms with van der Waals surface area (Å²) < 4.78 is 5.45. The number of unbranched alkanes of at least 4 members (excludes halogenated alkanes) is 1. The number of rotatable bonds is 8. The minimum Gasteiger partial charge on any atom is -0.361 e. The highest BCUT2D eigenvalue weighted by Gasteiger charge is 2.28. The van der Waals surface area contributed by atoms with Gasteiger partial charge < -0.3 is 15.2 Å². The quantitative estimate of drug-likeness (QED) is 0.755. The molecule has 1 aromatic carbocycles. The van der Waals surface area contributed by atoms with Gasteiger partial charge in [-0.05, 0) is 56.3 Å². The van der Waals surface area contributed by atoms with Crippen LogP contribution >= 0.6 is 0 Å². The summed E-state index contributed by atoms with van der Waals surface area (Å²) in [5.41, 5.74) is 1.87. The van der Waals surface area contributed by atoms with Crippen LogP contribution in [0.3, 0.4) is 0 Å². The molecular formula is C21H29N3O2. The van der Waals surface area contributed by atoms with E-state index in [1.165, 1.54) is 0 Å². The van der Waals surface area contributed by atoms with Gasteiger partial charge in [-0.3, -0.25) is 4.79 Å². The summed E-state index contributed by atoms with van der Waals surface area (Å²) in [5, 5.41) is 10.7. The first-order valence-corrected chi connectivity index (χ1v) is 9.74. The topological polar surface area (TPSA) is 67.2 Å². The van der Waals surface area contributed by atoms with Gasteiger partial charge >= 0.3 is 0 Å². The molecule has 3 rings (SSSR count). The predicted octanol–water partition coefficient (Wildman–Crippen LogP) is 3.81. The van der Waals surface area contributed by atoms with Crippen molar-refractivity contribution in [3.05, 3.63) is 47.9 Å². The number of piperidine rings is 1. The smallest absolute Gasteiger partial charge is 0.224 e. The van der Waals surface area contributed by atoms with Crippen LogP contribution in [-0.4, -0.2) is 24.2 Å². The van der Waals surface area contributed by atoms with Crippen LogP contribution in [-0.2, 0) is 17.6 Å². The van der Waals surface area contributed by atoms with E-state index in [1.54, 1.807) is 0 Å². The molecule has 1 saturated heterocycles. The zero-order chi connectivity index (χ0) is 18.2. The molecule has 0 radical (unpaired) electrons. The monoisotopic (exact) mass is 355 g/mol. The van der Waals surface area contributed by atoms with Crippen LogP contribution in [0.25, 0.3) is 0 Å². The highest BCUT2D eigenvalue weighted by atomic mass is 16.5. The molecule has 2 heterocycles. The SMILES string of the molecule is CCCCc1cc(C[C@@H]2CNCC[C@H]2CC(=O)Nc2ccccc2)no1. The average Bonchev–Trinajstić information content (AvgIpc) is 3.10. The lowest BCUT2D eigenvalue weighted by atomic mass is 9.81. The number of aromatic nitrogens is 1. The Kier molecular flexibility index (Phi) is 6.83. The molecule has 2 N–H and O–H groups in total. The Labute approximate surface area is 155 Å². The second-order valence-electron chi connectivity index (χ2n) is 7.22. The molecule has 0 saturated carbocycles. The van der Waals surface area contributed by atoms with Crippen LogP contribution in [0.4, 0.5) is 5.69 Å². The van der Waals surface area contributed by atoms with Gasteiger partial charge in [0.25, 0.3) is 0 Å². The zero-order valence-corrected chi connectivity index (χ0v) is 15.5. The number of benzene rings is 1. The average molecular weight is 355 g/mol. The fourth-order valence-corrected chi connectivity index (χ4v) is 3.65. The molecule has 2 aromatic rings. The maximum Gasteiger partial charge on any atom is 0.224 e. The molecule has 1 aliphatic rings. The summed E-state index contributed by atoms with van der Waals surface area (Å²) in [7, 11) is 0. The van der Waals surface area contributed by atoms with Gasteiger partial charge in [-0.1, -0.05) is 36.7 Å². The van der Waals surface area contributed by atoms with E-state index in [1.807, 2.05) is 30.3 Å². The molecular weight excluding hydrogens is 326 g/mol. The van der Waals surface area contributed by atoms with Crippen LogP contribution in [0.2, 0.25) is 0 Å². The fraction of sp³-hybridized carbons (Fsp3) is 0.524. The Morgan fingerprint density at radius 2 is 2.15 bits per heavy atom. The van der Waals surface area contributed by atoms with E-state index in [0.29, 0.717) is 18.3 Å². The maximum atomic E-state index is 12.4. The van der Waals surface area contributed by atoms with Crippen molar-refractivity contribution in [2.75, 3.05) is 18.4 Å². The first-order valence-electron chi connectivity index (χ1n) is 9.74. The number of hydrogen-bond donors (Lipinski definition) is 2. The molecule has 5 heteroatoms. The first-order chi connectivity index (χ1) is 12.7. The van der Waals surface area contributed by atoms with Gasteiger partial charge in [0.05, 0.1) is 5.69 Å². The van der Waals surface area contributed by atoms with Crippen LogP contribution in [0, 0.1) is 11.8 Å². The largest absolute Gasteiger partial charge is 0.361 e. The number of nitrogens with one attached hydrogen (secondary N) is 2. The van der Waals surface area contributed by atoms with E-state index < -0.39 is 0 Å². The van der Waals surface area contributed by atoms with Crippen molar-refractivity contribution < 1.29 is 9.32 Å². The summed E-state index contributed by atoms with van der Waals surface area (Å²) in [6.45, 7) is 4.08. The second kappa shape index (κ2) is 9.53. The third-order valence-electron chi connectivity index (χ3n) is 5.13. The molecule has 0 bridgehead atoms. The number of carbonyl (C=O) groups excluding carboxylic acids is 1. The highest BCUT2D eigenvalue weighted by Crippen LogP contribution is 2.27. The van der Waals surface area contributed by atoms with E-state index in [-0.39, 0.29) is 5.91 Å². The number of carbonyl (C=O) groups is 1. The van der Waals surface area contributed by atoms with Gasteiger partial charge in [0.1, 0.15) is 5.76 Å². The summed E-state index contributed by atoms with van der Waals surface area (Å²) in [4.78, 5) is 12.4. The van der Waals surface area contributed by atoms with Crippen LogP contribution in [0.15, 0.2) is 40.9 Å². The van der Waals surface area contributed by atoms with Gasteiger partial charge in [0.2, 0.25) is 5.91 Å². The molecule has 140 valence electrons. The molecule has 0 spiro atoms. The molecule has 1 fully saturated rings. The summed E-state index contributed by atoms with van der Waals surface area (Å²) in [6, 6.07) is 11.7. The Morgan fingerprint density at radius 3 is 2.96 bits per heavy atom. The summed E-state index contributed by atoms with van der Waals surface area (Å²) in [5.74, 6) is 1.85. The van der Waals surface area contributed by atoms with Crippen molar-refractivity contribution in [1.29, 1.82) is 0 Å². The predicted molar refractivity (Wildman–Crippen MR) is 103 cm³/mol. The van der Waals surface area contributed by atoms with Gasteiger partial charge in [0.15, 0.2) is 0 Å². The molecule has 1 aromatic heterocycles. The maximum absolute atomic E-state index is 12.4. The van der Waals surface area contributed by atoms with Gasteiger partial charge in [0, 0.05) is 24.6 Å². The third kappa shape index (κ3) is 5.43. The van der Waals surface area contributed by atoms with Gasteiger partial charge in [-0.15, -0.1) is 0 Å². The number of aryl methyl sites for hydroxylation is 1. The molecule has 26 heavy (non-hydrogen) atoms. The molecule has 0 aliphatic carbocycles. The lowest BCUT2D eigenvalue weighted by molar-refractivity contribution is -0.117. The number of nitrogens with zero attached hydrogens (tertiary/aromatic N) is 1. The van der Waals surface area contributed by atoms with Gasteiger partial charge in [-0.25, -0.2) is 0 Å². The highest BCUT2D eigenvalue weighted by molar-refractivity contribution is 5.90. The van der Waals surface area contributed by atoms with Crippen LogP contribution in [0.5, 0.6) is 0 Å². The minimum absolute atomic E-state index is 0.0943. The first kappa shape index (κ1) is 18.6. The van der Waals surface area contributed by atoms with E-state index >= 15 is 0 Å². The van der Waals surface area contributed by atoms with Gasteiger partial charge in [-0.2, -0.15) is 0 Å².